The van der Waals surface area contributed by atoms with E-state index in [0.717, 1.165) is 8.87 Å². The first-order chi connectivity index (χ1) is 19.9. The van der Waals surface area contributed by atoms with Crippen LogP contribution in [0.15, 0.2) is 82.5 Å². The minimum atomic E-state index is -4.06. The van der Waals surface area contributed by atoms with Crippen LogP contribution in [0.25, 0.3) is 0 Å². The number of nitrogens with one attached hydrogen (secondary N) is 2. The maximum absolute atomic E-state index is 13.6. The number of nitrogens with zero attached hydrogens (tertiary/aromatic N) is 5. The molecular weight excluding hydrogens is 586 g/mol. The Balaban J connectivity index is 1.64. The van der Waals surface area contributed by atoms with Crippen molar-refractivity contribution in [2.24, 2.45) is 5.92 Å². The van der Waals surface area contributed by atoms with Gasteiger partial charge in [0, 0.05) is 43.6 Å². The molecule has 13 nitrogen and oxygen atoms in total. The molecule has 0 saturated carbocycles. The van der Waals surface area contributed by atoms with E-state index in [4.69, 9.17) is 16.3 Å². The second-order valence-electron chi connectivity index (χ2n) is 9.40. The lowest BCUT2D eigenvalue weighted by Gasteiger charge is -2.18. The lowest BCUT2D eigenvalue weighted by Crippen LogP contribution is -2.47. The van der Waals surface area contributed by atoms with Gasteiger partial charge in [0.25, 0.3) is 0 Å². The number of rotatable bonds is 11. The van der Waals surface area contributed by atoms with Gasteiger partial charge >= 0.3 is 21.6 Å². The number of halogens is 1. The minimum Gasteiger partial charge on any atom is -0.439 e. The molecule has 0 aliphatic carbocycles. The van der Waals surface area contributed by atoms with Crippen molar-refractivity contribution in [3.05, 3.63) is 104 Å². The maximum Gasteiger partial charge on any atom is 0.354 e. The van der Waals surface area contributed by atoms with Crippen LogP contribution in [0.2, 0.25) is 5.02 Å². The molecule has 15 heteroatoms. The highest BCUT2D eigenvalue weighted by Gasteiger charge is 2.24. The summed E-state index contributed by atoms with van der Waals surface area (Å²) in [6.07, 6.45) is 1.61. The topological polar surface area (TPSA) is 158 Å². The molecule has 2 N–H and O–H groups in total. The van der Waals surface area contributed by atoms with Crippen LogP contribution in [-0.4, -0.2) is 51.8 Å². The van der Waals surface area contributed by atoms with Crippen LogP contribution in [0.1, 0.15) is 12.5 Å². The van der Waals surface area contributed by atoms with Crippen molar-refractivity contribution < 1.29 is 17.9 Å². The predicted octanol–water partition coefficient (Wildman–Crippen LogP) is 2.60. The molecule has 4 rings (SSSR count). The molecule has 0 saturated heterocycles. The zero-order valence-electron chi connectivity index (χ0n) is 22.9. The number of pyridine rings is 1. The molecule has 42 heavy (non-hydrogen) atoms. The molecule has 2 aromatic heterocycles. The highest BCUT2D eigenvalue weighted by molar-refractivity contribution is 7.87. The molecule has 0 fully saturated rings. The van der Waals surface area contributed by atoms with Crippen molar-refractivity contribution in [3.8, 4) is 11.6 Å². The summed E-state index contributed by atoms with van der Waals surface area (Å²) >= 11 is 6.01. The summed E-state index contributed by atoms with van der Waals surface area (Å²) in [4.78, 5) is 47.4. The predicted molar refractivity (Wildman–Crippen MR) is 157 cm³/mol. The van der Waals surface area contributed by atoms with Gasteiger partial charge in [0.15, 0.2) is 0 Å². The molecule has 0 radical (unpaired) electrons. The van der Waals surface area contributed by atoms with Crippen LogP contribution in [0.3, 0.4) is 0 Å². The second kappa shape index (κ2) is 13.0. The molecule has 1 atom stereocenters. The average Bonchev–Trinajstić information content (AvgIpc) is 2.95. The SMILES string of the molecule is C[C@@H](Cn1c(=O)nc(Nc2ccc(Oc3ccccn3)cc2)n(Cc2ccc(Cl)cc2)c1=O)C(=O)NS(=O)(=O)N(C)C. The van der Waals surface area contributed by atoms with E-state index < -0.39 is 40.0 Å². The lowest BCUT2D eigenvalue weighted by atomic mass is 10.2. The minimum absolute atomic E-state index is 0.0159. The Labute approximate surface area is 246 Å². The zero-order chi connectivity index (χ0) is 30.4. The Morgan fingerprint density at radius 3 is 2.33 bits per heavy atom. The molecule has 0 bridgehead atoms. The fraction of sp³-hybridized carbons (Fsp3) is 0.222. The van der Waals surface area contributed by atoms with Gasteiger partial charge < -0.3 is 10.1 Å². The summed E-state index contributed by atoms with van der Waals surface area (Å²) in [7, 11) is -1.53. The number of carbonyl (C=O) groups excluding carboxylic acids is 1. The number of benzene rings is 2. The van der Waals surface area contributed by atoms with Gasteiger partial charge in [-0.15, -0.1) is 0 Å². The summed E-state index contributed by atoms with van der Waals surface area (Å²) in [6.45, 7) is 1.01. The summed E-state index contributed by atoms with van der Waals surface area (Å²) in [6, 6.07) is 18.8. The van der Waals surface area contributed by atoms with Crippen LogP contribution in [-0.2, 0) is 28.1 Å². The van der Waals surface area contributed by atoms with E-state index >= 15 is 0 Å². The monoisotopic (exact) mass is 613 g/mol. The Hall–Kier alpha value is -4.53. The van der Waals surface area contributed by atoms with Crippen molar-refractivity contribution in [2.75, 3.05) is 19.4 Å². The van der Waals surface area contributed by atoms with Crippen molar-refractivity contribution >= 4 is 39.4 Å². The molecule has 0 spiro atoms. The lowest BCUT2D eigenvalue weighted by molar-refractivity contribution is -0.123. The largest absolute Gasteiger partial charge is 0.439 e. The number of hydrogen-bond donors (Lipinski definition) is 2. The fourth-order valence-corrected chi connectivity index (χ4v) is 4.40. The second-order valence-corrected chi connectivity index (χ2v) is 11.7. The van der Waals surface area contributed by atoms with E-state index in [1.165, 1.54) is 25.6 Å². The zero-order valence-corrected chi connectivity index (χ0v) is 24.5. The number of amides is 1. The number of carbonyl (C=O) groups is 1. The quantitative estimate of drug-likeness (QED) is 0.259. The fourth-order valence-electron chi connectivity index (χ4n) is 3.64. The molecule has 2 heterocycles. The number of ether oxygens (including phenoxy) is 1. The molecular formula is C27H28ClN7O6S. The first-order valence-electron chi connectivity index (χ1n) is 12.6. The molecule has 2 aromatic carbocycles. The van der Waals surface area contributed by atoms with Crippen LogP contribution in [0.4, 0.5) is 11.6 Å². The van der Waals surface area contributed by atoms with Crippen molar-refractivity contribution in [2.45, 2.75) is 20.0 Å². The van der Waals surface area contributed by atoms with Crippen LogP contribution >= 0.6 is 11.6 Å². The molecule has 220 valence electrons. The number of anilines is 2. The maximum atomic E-state index is 13.6. The van der Waals surface area contributed by atoms with E-state index in [-0.39, 0.29) is 12.5 Å². The van der Waals surface area contributed by atoms with E-state index in [1.54, 1.807) is 72.9 Å². The van der Waals surface area contributed by atoms with Gasteiger partial charge in [0.2, 0.25) is 17.7 Å². The summed E-state index contributed by atoms with van der Waals surface area (Å²) < 4.78 is 34.6. The third kappa shape index (κ3) is 7.60. The normalized spacial score (nSPS) is 12.1. The van der Waals surface area contributed by atoms with Gasteiger partial charge in [-0.1, -0.05) is 36.7 Å². The summed E-state index contributed by atoms with van der Waals surface area (Å²) in [5.41, 5.74) is -0.463. The standard InChI is InChI=1S/C27H28ClN7O6S/c1-18(24(36)32-42(39,40)33(2)3)16-35-26(37)31-25(34(27(35)38)17-19-7-9-20(28)10-8-19)30-21-11-13-22(14-12-21)41-23-6-4-5-15-29-23/h4-15,18H,16-17H2,1-3H3,(H,32,36)(H,30,31,37)/t18-/m0/s1. The summed E-state index contributed by atoms with van der Waals surface area (Å²) in [5.74, 6) is -1.04. The molecule has 1 amide bonds. The van der Waals surface area contributed by atoms with Gasteiger partial charge in [-0.05, 0) is 48.0 Å². The highest BCUT2D eigenvalue weighted by Crippen LogP contribution is 2.22. The van der Waals surface area contributed by atoms with Crippen LogP contribution in [0.5, 0.6) is 11.6 Å². The van der Waals surface area contributed by atoms with Gasteiger partial charge in [-0.2, -0.15) is 17.7 Å². The molecule has 0 aliphatic heterocycles. The third-order valence-electron chi connectivity index (χ3n) is 5.99. The molecule has 0 aliphatic rings. The summed E-state index contributed by atoms with van der Waals surface area (Å²) in [5, 5.41) is 3.51. The molecule has 4 aromatic rings. The van der Waals surface area contributed by atoms with Crippen molar-refractivity contribution in [3.63, 3.8) is 0 Å². The van der Waals surface area contributed by atoms with E-state index in [9.17, 15) is 22.8 Å². The Morgan fingerprint density at radius 2 is 1.71 bits per heavy atom. The first kappa shape index (κ1) is 30.4. The first-order valence-corrected chi connectivity index (χ1v) is 14.4. The Kier molecular flexibility index (Phi) is 9.40. The Bertz CT molecular complexity index is 1780. The highest BCUT2D eigenvalue weighted by atomic mass is 35.5. The third-order valence-corrected chi connectivity index (χ3v) is 7.66. The van der Waals surface area contributed by atoms with Gasteiger partial charge in [-0.3, -0.25) is 9.36 Å². The van der Waals surface area contributed by atoms with Gasteiger partial charge in [0.1, 0.15) is 5.75 Å². The van der Waals surface area contributed by atoms with Crippen molar-refractivity contribution in [1.29, 1.82) is 0 Å². The number of aromatic nitrogens is 4. The van der Waals surface area contributed by atoms with E-state index in [0.29, 0.717) is 27.9 Å². The van der Waals surface area contributed by atoms with Crippen LogP contribution < -0.4 is 26.2 Å². The van der Waals surface area contributed by atoms with E-state index in [1.807, 2.05) is 4.72 Å². The van der Waals surface area contributed by atoms with E-state index in [2.05, 4.69) is 15.3 Å². The molecule has 0 unspecified atom stereocenters. The average molecular weight is 614 g/mol. The Morgan fingerprint density at radius 1 is 1.02 bits per heavy atom. The van der Waals surface area contributed by atoms with Crippen molar-refractivity contribution in [1.82, 2.24) is 28.1 Å². The van der Waals surface area contributed by atoms with Gasteiger partial charge in [0.05, 0.1) is 12.5 Å². The number of hydrogen-bond acceptors (Lipinski definition) is 9. The van der Waals surface area contributed by atoms with Crippen LogP contribution in [0, 0.1) is 5.92 Å². The smallest absolute Gasteiger partial charge is 0.354 e. The van der Waals surface area contributed by atoms with Gasteiger partial charge in [-0.25, -0.2) is 23.9 Å².